The number of hydrogen-bond acceptors (Lipinski definition) is 8. The summed E-state index contributed by atoms with van der Waals surface area (Å²) in [6.07, 6.45) is 1.61. The molecule has 0 aliphatic carbocycles. The van der Waals surface area contributed by atoms with Crippen LogP contribution in [0.5, 0.6) is 0 Å². The van der Waals surface area contributed by atoms with E-state index in [9.17, 15) is 0 Å². The van der Waals surface area contributed by atoms with E-state index in [1.165, 1.54) is 10.1 Å². The Morgan fingerprint density at radius 1 is 1.03 bits per heavy atom. The van der Waals surface area contributed by atoms with Crippen LogP contribution < -0.4 is 10.6 Å². The predicted molar refractivity (Wildman–Crippen MR) is 132 cm³/mol. The average Bonchev–Trinajstić information content (AvgIpc) is 3.50. The predicted octanol–water partition coefficient (Wildman–Crippen LogP) is 3.80. The van der Waals surface area contributed by atoms with Gasteiger partial charge in [0.05, 0.1) is 11.8 Å². The minimum atomic E-state index is 0.296. The van der Waals surface area contributed by atoms with E-state index in [1.807, 2.05) is 24.3 Å². The quantitative estimate of drug-likeness (QED) is 0.392. The second kappa shape index (κ2) is 8.27. The van der Waals surface area contributed by atoms with Gasteiger partial charge in [0, 0.05) is 49.7 Å². The molecule has 0 bridgehead atoms. The molecule has 6 rings (SSSR count). The lowest BCUT2D eigenvalue weighted by atomic mass is 10.1. The molecule has 5 heterocycles. The summed E-state index contributed by atoms with van der Waals surface area (Å²) in [5.41, 5.74) is 10.7. The maximum Gasteiger partial charge on any atom is 0.230 e. The van der Waals surface area contributed by atoms with Crippen molar-refractivity contribution in [3.05, 3.63) is 65.0 Å². The Balaban J connectivity index is 1.18. The molecule has 1 aliphatic rings. The molecule has 2 N–H and O–H groups in total. The zero-order chi connectivity index (χ0) is 23.2. The maximum absolute atomic E-state index is 6.50. The van der Waals surface area contributed by atoms with Crippen molar-refractivity contribution in [3.8, 4) is 11.5 Å². The van der Waals surface area contributed by atoms with Gasteiger partial charge in [-0.3, -0.25) is 4.90 Å². The van der Waals surface area contributed by atoms with Gasteiger partial charge in [0.25, 0.3) is 0 Å². The summed E-state index contributed by atoms with van der Waals surface area (Å²) in [5, 5.41) is 6.14. The van der Waals surface area contributed by atoms with Crippen molar-refractivity contribution in [1.29, 1.82) is 0 Å². The number of pyridine rings is 1. The molecule has 172 valence electrons. The topological polar surface area (TPSA) is 102 Å². The third kappa shape index (κ3) is 3.82. The fourth-order valence-electron chi connectivity index (χ4n) is 4.36. The minimum absolute atomic E-state index is 0.296. The zero-order valence-electron chi connectivity index (χ0n) is 18.6. The highest BCUT2D eigenvalue weighted by molar-refractivity contribution is 6.30. The largest absolute Gasteiger partial charge is 0.463 e. The second-order valence-corrected chi connectivity index (χ2v) is 8.91. The third-order valence-corrected chi connectivity index (χ3v) is 6.48. The van der Waals surface area contributed by atoms with E-state index in [4.69, 9.17) is 26.7 Å². The van der Waals surface area contributed by atoms with Gasteiger partial charge in [-0.05, 0) is 37.3 Å². The van der Waals surface area contributed by atoms with E-state index in [2.05, 4.69) is 50.0 Å². The lowest BCUT2D eigenvalue weighted by Crippen LogP contribution is -2.46. The molecule has 10 heteroatoms. The molecule has 0 saturated carbocycles. The number of nitrogens with two attached hydrogens (primary N) is 1. The Labute approximate surface area is 200 Å². The van der Waals surface area contributed by atoms with Crippen molar-refractivity contribution in [2.45, 2.75) is 13.5 Å². The number of nitrogens with zero attached hydrogens (tertiary/aromatic N) is 7. The van der Waals surface area contributed by atoms with Gasteiger partial charge in [-0.2, -0.15) is 19.6 Å². The number of halogens is 1. The van der Waals surface area contributed by atoms with Crippen molar-refractivity contribution in [2.75, 3.05) is 36.8 Å². The van der Waals surface area contributed by atoms with Gasteiger partial charge in [0.1, 0.15) is 10.8 Å². The monoisotopic (exact) mass is 474 g/mol. The molecule has 1 saturated heterocycles. The highest BCUT2D eigenvalue weighted by Crippen LogP contribution is 2.25. The van der Waals surface area contributed by atoms with Crippen LogP contribution in [-0.2, 0) is 6.54 Å². The molecule has 0 amide bonds. The SMILES string of the molecule is Cc1ccc2nc(Cl)c(CN3CCN(c4nc(N)n5nc(-c6ccco6)cc5n4)CC3)cc2c1. The standard InChI is InChI=1S/C24H23ClN8O/c1-15-4-5-18-16(11-15)12-17(22(25)27-18)14-31-6-8-32(9-7-31)24-28-21-13-19(20-3-2-10-34-20)30-33(21)23(26)29-24/h2-5,10-13H,6-9,14H2,1H3,(H2,26,28,29). The molecule has 1 fully saturated rings. The molecular weight excluding hydrogens is 452 g/mol. The van der Waals surface area contributed by atoms with E-state index < -0.39 is 0 Å². The van der Waals surface area contributed by atoms with Crippen molar-refractivity contribution < 1.29 is 4.42 Å². The third-order valence-electron chi connectivity index (χ3n) is 6.16. The lowest BCUT2D eigenvalue weighted by molar-refractivity contribution is 0.248. The van der Waals surface area contributed by atoms with Crippen LogP contribution in [0.2, 0.25) is 5.15 Å². The van der Waals surface area contributed by atoms with Crippen LogP contribution in [0.3, 0.4) is 0 Å². The highest BCUT2D eigenvalue weighted by atomic mass is 35.5. The normalized spacial score (nSPS) is 14.9. The van der Waals surface area contributed by atoms with Crippen LogP contribution >= 0.6 is 11.6 Å². The molecular formula is C24H23ClN8O. The van der Waals surface area contributed by atoms with Gasteiger partial charge in [0.2, 0.25) is 11.9 Å². The van der Waals surface area contributed by atoms with E-state index in [0.717, 1.165) is 49.2 Å². The van der Waals surface area contributed by atoms with Crippen molar-refractivity contribution in [2.24, 2.45) is 0 Å². The summed E-state index contributed by atoms with van der Waals surface area (Å²) in [6, 6.07) is 13.9. The Kier molecular flexibility index (Phi) is 5.08. The molecule has 4 aromatic heterocycles. The van der Waals surface area contributed by atoms with Gasteiger partial charge in [-0.25, -0.2) is 4.98 Å². The number of anilines is 2. The second-order valence-electron chi connectivity index (χ2n) is 8.56. The molecule has 1 aliphatic heterocycles. The maximum atomic E-state index is 6.50. The van der Waals surface area contributed by atoms with Gasteiger partial charge in [-0.1, -0.05) is 23.2 Å². The van der Waals surface area contributed by atoms with Crippen LogP contribution in [0, 0.1) is 6.92 Å². The first kappa shape index (κ1) is 20.9. The number of furan rings is 1. The van der Waals surface area contributed by atoms with E-state index in [0.29, 0.717) is 34.2 Å². The Morgan fingerprint density at radius 3 is 2.68 bits per heavy atom. The fraction of sp³-hybridized carbons (Fsp3) is 0.250. The smallest absolute Gasteiger partial charge is 0.230 e. The number of benzene rings is 1. The first-order valence-electron chi connectivity index (χ1n) is 11.1. The van der Waals surface area contributed by atoms with Gasteiger partial charge >= 0.3 is 0 Å². The number of piperazine rings is 1. The van der Waals surface area contributed by atoms with E-state index in [-0.39, 0.29) is 0 Å². The van der Waals surface area contributed by atoms with Gasteiger partial charge in [0.15, 0.2) is 11.4 Å². The van der Waals surface area contributed by atoms with Crippen molar-refractivity contribution in [3.63, 3.8) is 0 Å². The molecule has 0 atom stereocenters. The first-order chi connectivity index (χ1) is 16.5. The van der Waals surface area contributed by atoms with E-state index in [1.54, 1.807) is 6.26 Å². The number of aryl methyl sites for hydroxylation is 1. The summed E-state index contributed by atoms with van der Waals surface area (Å²) in [6.45, 7) is 6.11. The first-order valence-corrected chi connectivity index (χ1v) is 11.5. The number of aromatic nitrogens is 5. The molecule has 9 nitrogen and oxygen atoms in total. The van der Waals surface area contributed by atoms with Crippen LogP contribution in [0.15, 0.2) is 53.1 Å². The molecule has 0 radical (unpaired) electrons. The van der Waals surface area contributed by atoms with Gasteiger partial charge < -0.3 is 15.1 Å². The molecule has 0 unspecified atom stereocenters. The van der Waals surface area contributed by atoms with Crippen LogP contribution in [0.1, 0.15) is 11.1 Å². The summed E-state index contributed by atoms with van der Waals surface area (Å²) < 4.78 is 6.98. The summed E-state index contributed by atoms with van der Waals surface area (Å²) in [5.74, 6) is 1.57. The summed E-state index contributed by atoms with van der Waals surface area (Å²) >= 11 is 6.50. The average molecular weight is 475 g/mol. The Morgan fingerprint density at radius 2 is 1.88 bits per heavy atom. The van der Waals surface area contributed by atoms with Crippen molar-refractivity contribution >= 4 is 40.0 Å². The molecule has 0 spiro atoms. The van der Waals surface area contributed by atoms with Gasteiger partial charge in [-0.15, -0.1) is 0 Å². The fourth-order valence-corrected chi connectivity index (χ4v) is 4.56. The lowest BCUT2D eigenvalue weighted by Gasteiger charge is -2.34. The van der Waals surface area contributed by atoms with Crippen LogP contribution in [-0.4, -0.2) is 55.6 Å². The van der Waals surface area contributed by atoms with E-state index >= 15 is 0 Å². The summed E-state index contributed by atoms with van der Waals surface area (Å²) in [7, 11) is 0. The molecule has 1 aromatic carbocycles. The van der Waals surface area contributed by atoms with Crippen LogP contribution in [0.25, 0.3) is 28.0 Å². The Bertz CT molecular complexity index is 1490. The Hall–Kier alpha value is -3.69. The number of fused-ring (bicyclic) bond motifs is 2. The highest BCUT2D eigenvalue weighted by Gasteiger charge is 2.22. The number of hydrogen-bond donors (Lipinski definition) is 1. The number of nitrogen functional groups attached to an aromatic ring is 1. The molecule has 34 heavy (non-hydrogen) atoms. The number of rotatable bonds is 4. The molecule has 5 aromatic rings. The summed E-state index contributed by atoms with van der Waals surface area (Å²) in [4.78, 5) is 18.3. The zero-order valence-corrected chi connectivity index (χ0v) is 19.4. The minimum Gasteiger partial charge on any atom is -0.463 e. The van der Waals surface area contributed by atoms with Crippen molar-refractivity contribution in [1.82, 2.24) is 29.5 Å². The van der Waals surface area contributed by atoms with Crippen LogP contribution in [0.4, 0.5) is 11.9 Å².